The normalized spacial score (nSPS) is 12.5. The van der Waals surface area contributed by atoms with E-state index >= 15 is 0 Å². The SMILES string of the molecule is CC(NC(=O)c1ccncc1)c1nc2ccccc2n1CCCOc1ccc(C(C)(C)C)cc1. The molecule has 2 aromatic carbocycles. The van der Waals surface area contributed by atoms with Gasteiger partial charge in [0.1, 0.15) is 11.6 Å². The van der Waals surface area contributed by atoms with Crippen molar-refractivity contribution in [1.82, 2.24) is 19.9 Å². The van der Waals surface area contributed by atoms with Gasteiger partial charge in [-0.15, -0.1) is 0 Å². The zero-order chi connectivity index (χ0) is 24.1. The van der Waals surface area contributed by atoms with E-state index in [0.717, 1.165) is 35.6 Å². The summed E-state index contributed by atoms with van der Waals surface area (Å²) in [6.07, 6.45) is 4.05. The van der Waals surface area contributed by atoms with Crippen molar-refractivity contribution in [3.05, 3.63) is 90.0 Å². The lowest BCUT2D eigenvalue weighted by Crippen LogP contribution is -2.28. The first-order chi connectivity index (χ1) is 16.3. The number of imidazole rings is 1. The average Bonchev–Trinajstić information content (AvgIpc) is 3.21. The van der Waals surface area contributed by atoms with Gasteiger partial charge < -0.3 is 14.6 Å². The minimum absolute atomic E-state index is 0.126. The Morgan fingerprint density at radius 2 is 1.74 bits per heavy atom. The Morgan fingerprint density at radius 1 is 1.03 bits per heavy atom. The molecule has 0 fully saturated rings. The molecule has 4 aromatic rings. The number of aromatic nitrogens is 3. The first-order valence-corrected chi connectivity index (χ1v) is 11.7. The molecule has 6 heteroatoms. The number of carbonyl (C=O) groups is 1. The van der Waals surface area contributed by atoms with Crippen LogP contribution in [0.4, 0.5) is 0 Å². The highest BCUT2D eigenvalue weighted by Crippen LogP contribution is 2.25. The summed E-state index contributed by atoms with van der Waals surface area (Å²) < 4.78 is 8.18. The second-order valence-electron chi connectivity index (χ2n) is 9.52. The Bertz CT molecular complexity index is 1240. The van der Waals surface area contributed by atoms with Crippen molar-refractivity contribution in [2.75, 3.05) is 6.61 Å². The molecule has 1 unspecified atom stereocenters. The summed E-state index contributed by atoms with van der Waals surface area (Å²) in [6, 6.07) is 19.5. The van der Waals surface area contributed by atoms with Gasteiger partial charge in [0.25, 0.3) is 5.91 Å². The van der Waals surface area contributed by atoms with Crippen molar-refractivity contribution in [2.45, 2.75) is 52.1 Å². The maximum atomic E-state index is 12.7. The fraction of sp³-hybridized carbons (Fsp3) is 0.321. The zero-order valence-electron chi connectivity index (χ0n) is 20.3. The number of ether oxygens (including phenoxy) is 1. The molecule has 176 valence electrons. The number of hydrogen-bond donors (Lipinski definition) is 1. The van der Waals surface area contributed by atoms with Gasteiger partial charge in [-0.2, -0.15) is 0 Å². The second kappa shape index (κ2) is 10.1. The Labute approximate surface area is 201 Å². The predicted octanol–water partition coefficient (Wildman–Crippen LogP) is 5.69. The van der Waals surface area contributed by atoms with Gasteiger partial charge in [-0.25, -0.2) is 4.98 Å². The van der Waals surface area contributed by atoms with Crippen LogP contribution >= 0.6 is 0 Å². The van der Waals surface area contributed by atoms with Crippen LogP contribution in [-0.2, 0) is 12.0 Å². The van der Waals surface area contributed by atoms with Crippen LogP contribution in [0.2, 0.25) is 0 Å². The number of hydrogen-bond acceptors (Lipinski definition) is 4. The molecule has 34 heavy (non-hydrogen) atoms. The molecule has 0 radical (unpaired) electrons. The smallest absolute Gasteiger partial charge is 0.251 e. The van der Waals surface area contributed by atoms with E-state index in [0.29, 0.717) is 12.2 Å². The zero-order valence-corrected chi connectivity index (χ0v) is 20.3. The van der Waals surface area contributed by atoms with Crippen LogP contribution < -0.4 is 10.1 Å². The fourth-order valence-electron chi connectivity index (χ4n) is 3.97. The number of benzene rings is 2. The Hall–Kier alpha value is -3.67. The molecule has 1 amide bonds. The van der Waals surface area contributed by atoms with Crippen LogP contribution in [0.25, 0.3) is 11.0 Å². The van der Waals surface area contributed by atoms with Crippen LogP contribution in [0.1, 0.15) is 61.9 Å². The van der Waals surface area contributed by atoms with Crippen molar-refractivity contribution in [2.24, 2.45) is 0 Å². The molecule has 2 aromatic heterocycles. The van der Waals surface area contributed by atoms with E-state index in [2.05, 4.69) is 53.8 Å². The van der Waals surface area contributed by atoms with Crippen molar-refractivity contribution in [3.63, 3.8) is 0 Å². The molecular formula is C28H32N4O2. The Balaban J connectivity index is 1.43. The molecule has 0 aliphatic rings. The average molecular weight is 457 g/mol. The Morgan fingerprint density at radius 3 is 2.44 bits per heavy atom. The molecule has 2 heterocycles. The monoisotopic (exact) mass is 456 g/mol. The first kappa shape index (κ1) is 23.5. The molecule has 1 atom stereocenters. The largest absolute Gasteiger partial charge is 0.494 e. The molecule has 1 N–H and O–H groups in total. The number of rotatable bonds is 8. The van der Waals surface area contributed by atoms with Gasteiger partial charge in [-0.3, -0.25) is 9.78 Å². The van der Waals surface area contributed by atoms with Crippen molar-refractivity contribution in [1.29, 1.82) is 0 Å². The highest BCUT2D eigenvalue weighted by molar-refractivity contribution is 5.94. The quantitative estimate of drug-likeness (QED) is 0.346. The van der Waals surface area contributed by atoms with Gasteiger partial charge in [0.05, 0.1) is 23.7 Å². The lowest BCUT2D eigenvalue weighted by Gasteiger charge is -2.19. The van der Waals surface area contributed by atoms with E-state index < -0.39 is 0 Å². The van der Waals surface area contributed by atoms with Gasteiger partial charge in [0.15, 0.2) is 0 Å². The van der Waals surface area contributed by atoms with Crippen molar-refractivity contribution >= 4 is 16.9 Å². The molecule has 0 aliphatic heterocycles. The number of fused-ring (bicyclic) bond motifs is 1. The fourth-order valence-corrected chi connectivity index (χ4v) is 3.97. The van der Waals surface area contributed by atoms with Gasteiger partial charge >= 0.3 is 0 Å². The Kier molecular flexibility index (Phi) is 6.96. The summed E-state index contributed by atoms with van der Waals surface area (Å²) in [5, 5.41) is 3.07. The molecule has 6 nitrogen and oxygen atoms in total. The highest BCUT2D eigenvalue weighted by atomic mass is 16.5. The van der Waals surface area contributed by atoms with E-state index in [-0.39, 0.29) is 17.4 Å². The summed E-state index contributed by atoms with van der Waals surface area (Å²) in [6.45, 7) is 9.91. The summed E-state index contributed by atoms with van der Waals surface area (Å²) in [7, 11) is 0. The topological polar surface area (TPSA) is 69.0 Å². The van der Waals surface area contributed by atoms with Crippen LogP contribution in [0.3, 0.4) is 0 Å². The van der Waals surface area contributed by atoms with Gasteiger partial charge in [0, 0.05) is 24.5 Å². The van der Waals surface area contributed by atoms with E-state index in [1.165, 1.54) is 5.56 Å². The van der Waals surface area contributed by atoms with Crippen LogP contribution in [-0.4, -0.2) is 27.0 Å². The summed E-state index contributed by atoms with van der Waals surface area (Å²) >= 11 is 0. The van der Waals surface area contributed by atoms with Crippen molar-refractivity contribution < 1.29 is 9.53 Å². The first-order valence-electron chi connectivity index (χ1n) is 11.7. The lowest BCUT2D eigenvalue weighted by atomic mass is 9.87. The predicted molar refractivity (Wildman–Crippen MR) is 135 cm³/mol. The summed E-state index contributed by atoms with van der Waals surface area (Å²) in [5.74, 6) is 1.57. The molecule has 0 bridgehead atoms. The maximum absolute atomic E-state index is 12.7. The van der Waals surface area contributed by atoms with Crippen LogP contribution in [0, 0.1) is 0 Å². The highest BCUT2D eigenvalue weighted by Gasteiger charge is 2.19. The minimum Gasteiger partial charge on any atom is -0.494 e. The number of pyridine rings is 1. The molecule has 0 saturated heterocycles. The van der Waals surface area contributed by atoms with E-state index in [4.69, 9.17) is 9.72 Å². The number of amides is 1. The minimum atomic E-state index is -0.251. The lowest BCUT2D eigenvalue weighted by molar-refractivity contribution is 0.0937. The third kappa shape index (κ3) is 5.45. The number of para-hydroxylation sites is 2. The van der Waals surface area contributed by atoms with Crippen LogP contribution in [0.15, 0.2) is 73.1 Å². The summed E-state index contributed by atoms with van der Waals surface area (Å²) in [4.78, 5) is 21.5. The molecule has 0 aliphatic carbocycles. The molecule has 4 rings (SSSR count). The van der Waals surface area contributed by atoms with E-state index in [1.807, 2.05) is 37.3 Å². The summed E-state index contributed by atoms with van der Waals surface area (Å²) in [5.41, 5.74) is 3.96. The van der Waals surface area contributed by atoms with E-state index in [9.17, 15) is 4.79 Å². The number of aryl methyl sites for hydroxylation is 1. The maximum Gasteiger partial charge on any atom is 0.251 e. The molecular weight excluding hydrogens is 424 g/mol. The third-order valence-electron chi connectivity index (χ3n) is 5.88. The van der Waals surface area contributed by atoms with Gasteiger partial charge in [0.2, 0.25) is 0 Å². The number of nitrogens with one attached hydrogen (secondary N) is 1. The number of carbonyl (C=O) groups excluding carboxylic acids is 1. The molecule has 0 saturated carbocycles. The standard InChI is InChI=1S/C28H32N4O2/c1-20(30-27(33)21-14-16-29-17-15-21)26-31-24-8-5-6-9-25(24)32(26)18-7-19-34-23-12-10-22(11-13-23)28(2,3)4/h5-6,8-17,20H,7,18-19H2,1-4H3,(H,30,33). The third-order valence-corrected chi connectivity index (χ3v) is 5.88. The number of nitrogens with zero attached hydrogens (tertiary/aromatic N) is 3. The second-order valence-corrected chi connectivity index (χ2v) is 9.52. The van der Waals surface area contributed by atoms with Crippen molar-refractivity contribution in [3.8, 4) is 5.75 Å². The van der Waals surface area contributed by atoms with Crippen LogP contribution in [0.5, 0.6) is 5.75 Å². The van der Waals surface area contributed by atoms with E-state index in [1.54, 1.807) is 24.5 Å². The van der Waals surface area contributed by atoms with Gasteiger partial charge in [-0.05, 0) is 60.7 Å². The molecule has 0 spiro atoms. The van der Waals surface area contributed by atoms with Gasteiger partial charge in [-0.1, -0.05) is 45.0 Å².